The lowest BCUT2D eigenvalue weighted by Crippen LogP contribution is -2.76. The van der Waals surface area contributed by atoms with Crippen molar-refractivity contribution in [3.8, 4) is 0 Å². The van der Waals surface area contributed by atoms with Crippen molar-refractivity contribution in [2.45, 2.75) is 36.0 Å². The van der Waals surface area contributed by atoms with Gasteiger partial charge >= 0.3 is 0 Å². The van der Waals surface area contributed by atoms with Crippen LogP contribution in [0.15, 0.2) is 55.1 Å². The number of likely N-dealkylation sites (tertiary alicyclic amines) is 1. The Balaban J connectivity index is 1.62. The van der Waals surface area contributed by atoms with Crippen molar-refractivity contribution in [2.24, 2.45) is 0 Å². The first kappa shape index (κ1) is 14.1. The van der Waals surface area contributed by atoms with Crippen LogP contribution in [0.3, 0.4) is 0 Å². The molecule has 2 saturated heterocycles. The van der Waals surface area contributed by atoms with E-state index in [1.165, 1.54) is 5.56 Å². The van der Waals surface area contributed by atoms with Crippen LogP contribution < -0.4 is 0 Å². The first-order valence-electron chi connectivity index (χ1n) is 7.67. The molecule has 4 atom stereocenters. The summed E-state index contributed by atoms with van der Waals surface area (Å²) in [6.45, 7) is 4.45. The third kappa shape index (κ3) is 1.90. The molecule has 1 spiro atoms. The lowest BCUT2D eigenvalue weighted by atomic mass is 9.73. The monoisotopic (exact) mass is 313 g/mol. The fourth-order valence-electron chi connectivity index (χ4n) is 3.87. The van der Waals surface area contributed by atoms with Gasteiger partial charge in [-0.3, -0.25) is 4.79 Å². The summed E-state index contributed by atoms with van der Waals surface area (Å²) in [4.78, 5) is 14.7. The maximum Gasteiger partial charge on any atom is 0.239 e. The molecule has 0 aromatic heterocycles. The van der Waals surface area contributed by atoms with Gasteiger partial charge in [0.05, 0.1) is 11.6 Å². The van der Waals surface area contributed by atoms with E-state index in [9.17, 15) is 4.79 Å². The molecule has 3 aliphatic rings. The number of thioether (sulfide) groups is 1. The van der Waals surface area contributed by atoms with Crippen LogP contribution in [0.2, 0.25) is 0 Å². The van der Waals surface area contributed by atoms with E-state index >= 15 is 0 Å². The van der Waals surface area contributed by atoms with E-state index in [0.717, 1.165) is 12.2 Å². The summed E-state index contributed by atoms with van der Waals surface area (Å²) in [6.07, 6.45) is 7.27. The minimum absolute atomic E-state index is 0.00541. The van der Waals surface area contributed by atoms with Crippen LogP contribution in [-0.4, -0.2) is 39.6 Å². The van der Waals surface area contributed by atoms with E-state index in [0.29, 0.717) is 6.54 Å². The van der Waals surface area contributed by atoms with Gasteiger partial charge in [-0.15, -0.1) is 18.3 Å². The molecule has 3 heterocycles. The SMILES string of the molecule is C=CCS[C@H]1C(=O)N(Cc2ccccc2)[C@@]12C[C@@H]1C=C[C@H]2O1. The fraction of sp³-hybridized carbons (Fsp3) is 0.389. The Bertz CT molecular complexity index is 629. The molecule has 1 aromatic carbocycles. The molecule has 22 heavy (non-hydrogen) atoms. The van der Waals surface area contributed by atoms with Crippen molar-refractivity contribution in [1.82, 2.24) is 4.90 Å². The summed E-state index contributed by atoms with van der Waals surface area (Å²) in [7, 11) is 0. The second kappa shape index (κ2) is 5.28. The molecule has 3 nitrogen and oxygen atoms in total. The van der Waals surface area contributed by atoms with Gasteiger partial charge in [0.2, 0.25) is 5.91 Å². The van der Waals surface area contributed by atoms with Crippen molar-refractivity contribution >= 4 is 17.7 Å². The van der Waals surface area contributed by atoms with Gasteiger partial charge in [-0.25, -0.2) is 0 Å². The molecular formula is C18H19NO2S. The summed E-state index contributed by atoms with van der Waals surface area (Å²) < 4.78 is 6.01. The van der Waals surface area contributed by atoms with Crippen LogP contribution >= 0.6 is 11.8 Å². The van der Waals surface area contributed by atoms with E-state index in [1.54, 1.807) is 11.8 Å². The van der Waals surface area contributed by atoms with E-state index < -0.39 is 0 Å². The number of hydrogen-bond donors (Lipinski definition) is 0. The molecule has 0 N–H and O–H groups in total. The highest BCUT2D eigenvalue weighted by atomic mass is 32.2. The van der Waals surface area contributed by atoms with Crippen LogP contribution in [0.1, 0.15) is 12.0 Å². The number of carbonyl (C=O) groups is 1. The standard InChI is InChI=1S/C18H19NO2S/c1-2-10-22-16-17(20)19(12-13-6-4-3-5-7-13)18(16)11-14-8-9-15(18)21-14/h2-9,14-16H,1,10-12H2/t14-,15+,16-,18+/m0/s1. The number of amides is 1. The van der Waals surface area contributed by atoms with Gasteiger partial charge < -0.3 is 9.64 Å². The van der Waals surface area contributed by atoms with Crippen molar-refractivity contribution in [3.05, 3.63) is 60.7 Å². The predicted molar refractivity (Wildman–Crippen MR) is 88.6 cm³/mol. The average molecular weight is 313 g/mol. The topological polar surface area (TPSA) is 29.5 Å². The number of ether oxygens (including phenoxy) is 1. The van der Waals surface area contributed by atoms with E-state index in [2.05, 4.69) is 30.9 Å². The third-order valence-corrected chi connectivity index (χ3v) is 6.23. The molecule has 1 aromatic rings. The Kier molecular flexibility index (Phi) is 3.39. The smallest absolute Gasteiger partial charge is 0.239 e. The van der Waals surface area contributed by atoms with Crippen molar-refractivity contribution < 1.29 is 9.53 Å². The van der Waals surface area contributed by atoms with E-state index in [1.807, 2.05) is 29.2 Å². The summed E-state index contributed by atoms with van der Waals surface area (Å²) in [5.41, 5.74) is 1.01. The molecular weight excluding hydrogens is 294 g/mol. The Morgan fingerprint density at radius 3 is 2.82 bits per heavy atom. The number of β-lactam (4-membered cyclic amide) rings is 1. The number of hydrogen-bond acceptors (Lipinski definition) is 3. The average Bonchev–Trinajstić information content (AvgIpc) is 3.16. The van der Waals surface area contributed by atoms with Crippen LogP contribution in [0, 0.1) is 0 Å². The maximum atomic E-state index is 12.7. The number of benzene rings is 1. The highest BCUT2D eigenvalue weighted by molar-refractivity contribution is 8.00. The Morgan fingerprint density at radius 2 is 2.18 bits per heavy atom. The van der Waals surface area contributed by atoms with Crippen molar-refractivity contribution in [1.29, 1.82) is 0 Å². The van der Waals surface area contributed by atoms with Crippen LogP contribution in [-0.2, 0) is 16.1 Å². The van der Waals surface area contributed by atoms with Crippen LogP contribution in [0.25, 0.3) is 0 Å². The number of fused-ring (bicyclic) bond motifs is 3. The van der Waals surface area contributed by atoms with Crippen molar-refractivity contribution in [3.63, 3.8) is 0 Å². The van der Waals surface area contributed by atoms with E-state index in [4.69, 9.17) is 4.74 Å². The lowest BCUT2D eigenvalue weighted by molar-refractivity contribution is -0.159. The number of carbonyl (C=O) groups excluding carboxylic acids is 1. The number of nitrogens with zero attached hydrogens (tertiary/aromatic N) is 1. The zero-order valence-electron chi connectivity index (χ0n) is 12.4. The zero-order valence-corrected chi connectivity index (χ0v) is 13.2. The van der Waals surface area contributed by atoms with Crippen LogP contribution in [0.4, 0.5) is 0 Å². The van der Waals surface area contributed by atoms with Crippen molar-refractivity contribution in [2.75, 3.05) is 5.75 Å². The molecule has 2 bridgehead atoms. The number of rotatable bonds is 5. The first-order chi connectivity index (χ1) is 10.8. The molecule has 0 saturated carbocycles. The molecule has 0 aliphatic carbocycles. The minimum Gasteiger partial charge on any atom is -0.364 e. The Hall–Kier alpha value is -1.52. The van der Waals surface area contributed by atoms with Crippen LogP contribution in [0.5, 0.6) is 0 Å². The molecule has 114 valence electrons. The zero-order chi connectivity index (χ0) is 15.2. The van der Waals surface area contributed by atoms with Gasteiger partial charge in [-0.2, -0.15) is 0 Å². The van der Waals surface area contributed by atoms with Gasteiger partial charge in [-0.1, -0.05) is 48.6 Å². The molecule has 3 aliphatic heterocycles. The second-order valence-corrected chi connectivity index (χ2v) is 7.23. The highest BCUT2D eigenvalue weighted by Crippen LogP contribution is 2.54. The Morgan fingerprint density at radius 1 is 1.36 bits per heavy atom. The first-order valence-corrected chi connectivity index (χ1v) is 8.72. The predicted octanol–water partition coefficient (Wildman–Crippen LogP) is 2.78. The normalized spacial score (nSPS) is 35.2. The summed E-state index contributed by atoms with van der Waals surface area (Å²) in [5, 5.41) is -0.00541. The molecule has 4 rings (SSSR count). The molecule has 2 fully saturated rings. The largest absolute Gasteiger partial charge is 0.364 e. The summed E-state index contributed by atoms with van der Waals surface area (Å²) >= 11 is 1.70. The maximum absolute atomic E-state index is 12.7. The molecule has 0 unspecified atom stereocenters. The van der Waals surface area contributed by atoms with Gasteiger partial charge in [-0.05, 0) is 5.56 Å². The molecule has 4 heteroatoms. The molecule has 0 radical (unpaired) electrons. The Labute approximate surface area is 135 Å². The van der Waals surface area contributed by atoms with Gasteiger partial charge in [0.25, 0.3) is 0 Å². The lowest BCUT2D eigenvalue weighted by Gasteiger charge is -2.57. The minimum atomic E-state index is -0.167. The summed E-state index contributed by atoms with van der Waals surface area (Å²) in [6, 6.07) is 10.2. The molecule has 1 amide bonds. The van der Waals surface area contributed by atoms with E-state index in [-0.39, 0.29) is 28.9 Å². The van der Waals surface area contributed by atoms with Gasteiger partial charge in [0.15, 0.2) is 0 Å². The fourth-order valence-corrected chi connectivity index (χ4v) is 5.11. The highest BCUT2D eigenvalue weighted by Gasteiger charge is 2.68. The van der Waals surface area contributed by atoms with Gasteiger partial charge in [0, 0.05) is 18.7 Å². The second-order valence-electron chi connectivity index (χ2n) is 6.09. The summed E-state index contributed by atoms with van der Waals surface area (Å²) in [5.74, 6) is 1.04. The quantitative estimate of drug-likeness (QED) is 0.618. The third-order valence-electron chi connectivity index (χ3n) is 4.85. The van der Waals surface area contributed by atoms with Gasteiger partial charge in [0.1, 0.15) is 11.4 Å².